The first-order valence-electron chi connectivity index (χ1n) is 6.38. The maximum atomic E-state index is 12.3. The SMILES string of the molecule is CC1CN(C(=O)N(CC(=O)O)C(C)C)CC(CO)O1. The number of ether oxygens (including phenoxy) is 1. The number of carbonyl (C=O) groups is 2. The number of aliphatic hydroxyl groups excluding tert-OH is 1. The molecular weight excluding hydrogens is 252 g/mol. The van der Waals surface area contributed by atoms with E-state index in [1.807, 2.05) is 6.92 Å². The number of carboxylic acids is 1. The molecule has 19 heavy (non-hydrogen) atoms. The Kier molecular flexibility index (Phi) is 5.56. The molecule has 7 heteroatoms. The first-order chi connectivity index (χ1) is 8.85. The van der Waals surface area contributed by atoms with Crippen molar-refractivity contribution in [2.45, 2.75) is 39.0 Å². The summed E-state index contributed by atoms with van der Waals surface area (Å²) in [6, 6.07) is -0.527. The van der Waals surface area contributed by atoms with E-state index in [0.717, 1.165) is 0 Å². The Balaban J connectivity index is 2.75. The van der Waals surface area contributed by atoms with E-state index in [0.29, 0.717) is 6.54 Å². The minimum Gasteiger partial charge on any atom is -0.480 e. The standard InChI is InChI=1S/C12H22N2O5/c1-8(2)14(6-11(16)17)12(18)13-4-9(3)19-10(5-13)7-15/h8-10,15H,4-7H2,1-3H3,(H,16,17). The number of hydrogen-bond donors (Lipinski definition) is 2. The molecular formula is C12H22N2O5. The van der Waals surface area contributed by atoms with Crippen LogP contribution in [0.3, 0.4) is 0 Å². The lowest BCUT2D eigenvalue weighted by atomic mass is 10.2. The monoisotopic (exact) mass is 274 g/mol. The molecule has 2 N–H and O–H groups in total. The van der Waals surface area contributed by atoms with E-state index in [4.69, 9.17) is 14.9 Å². The summed E-state index contributed by atoms with van der Waals surface area (Å²) >= 11 is 0. The third-order valence-electron chi connectivity index (χ3n) is 2.98. The highest BCUT2D eigenvalue weighted by molar-refractivity contribution is 5.80. The van der Waals surface area contributed by atoms with Crippen molar-refractivity contribution in [3.8, 4) is 0 Å². The van der Waals surface area contributed by atoms with Crippen molar-refractivity contribution in [2.24, 2.45) is 0 Å². The molecule has 1 saturated heterocycles. The average Bonchev–Trinajstić information content (AvgIpc) is 2.33. The predicted molar refractivity (Wildman–Crippen MR) is 67.9 cm³/mol. The van der Waals surface area contributed by atoms with Crippen molar-refractivity contribution in [3.63, 3.8) is 0 Å². The number of rotatable bonds is 4. The molecule has 2 amide bonds. The van der Waals surface area contributed by atoms with Crippen LogP contribution in [-0.2, 0) is 9.53 Å². The van der Waals surface area contributed by atoms with Crippen LogP contribution in [0.25, 0.3) is 0 Å². The number of aliphatic carboxylic acids is 1. The predicted octanol–water partition coefficient (Wildman–Crippen LogP) is -0.0170. The van der Waals surface area contributed by atoms with E-state index in [1.54, 1.807) is 13.8 Å². The molecule has 0 radical (unpaired) electrons. The summed E-state index contributed by atoms with van der Waals surface area (Å²) in [6.45, 7) is 5.56. The van der Waals surface area contributed by atoms with Gasteiger partial charge in [0, 0.05) is 12.6 Å². The van der Waals surface area contributed by atoms with Gasteiger partial charge in [0.2, 0.25) is 0 Å². The quantitative estimate of drug-likeness (QED) is 0.752. The summed E-state index contributed by atoms with van der Waals surface area (Å²) in [4.78, 5) is 26.0. The smallest absolute Gasteiger partial charge is 0.323 e. The Morgan fingerprint density at radius 3 is 2.53 bits per heavy atom. The zero-order chi connectivity index (χ0) is 14.6. The lowest BCUT2D eigenvalue weighted by molar-refractivity contribution is -0.138. The Bertz CT molecular complexity index is 334. The summed E-state index contributed by atoms with van der Waals surface area (Å²) in [6.07, 6.45) is -0.583. The third-order valence-corrected chi connectivity index (χ3v) is 2.98. The average molecular weight is 274 g/mol. The summed E-state index contributed by atoms with van der Waals surface area (Å²) in [5.41, 5.74) is 0. The van der Waals surface area contributed by atoms with Crippen molar-refractivity contribution in [1.29, 1.82) is 0 Å². The molecule has 0 aromatic heterocycles. The molecule has 1 rings (SSSR count). The highest BCUT2D eigenvalue weighted by Gasteiger charge is 2.32. The van der Waals surface area contributed by atoms with Gasteiger partial charge in [0.15, 0.2) is 0 Å². The molecule has 110 valence electrons. The topological polar surface area (TPSA) is 90.3 Å². The molecule has 1 fully saturated rings. The molecule has 0 bridgehead atoms. The van der Waals surface area contributed by atoms with Crippen LogP contribution in [-0.4, -0.2) is 76.5 Å². The van der Waals surface area contributed by atoms with Gasteiger partial charge in [-0.3, -0.25) is 4.79 Å². The van der Waals surface area contributed by atoms with E-state index < -0.39 is 12.1 Å². The lowest BCUT2D eigenvalue weighted by Gasteiger charge is -2.39. The lowest BCUT2D eigenvalue weighted by Crippen LogP contribution is -2.56. The number of morpholine rings is 1. The summed E-state index contributed by atoms with van der Waals surface area (Å²) in [5, 5.41) is 18.0. The van der Waals surface area contributed by atoms with Gasteiger partial charge in [-0.25, -0.2) is 4.79 Å². The largest absolute Gasteiger partial charge is 0.480 e. The molecule has 0 aliphatic carbocycles. The molecule has 1 heterocycles. The van der Waals surface area contributed by atoms with Crippen LogP contribution in [0.5, 0.6) is 0 Å². The van der Waals surface area contributed by atoms with E-state index in [1.165, 1.54) is 9.80 Å². The Morgan fingerprint density at radius 1 is 1.42 bits per heavy atom. The molecule has 0 saturated carbocycles. The van der Waals surface area contributed by atoms with Gasteiger partial charge in [0.25, 0.3) is 0 Å². The van der Waals surface area contributed by atoms with Crippen molar-refractivity contribution in [2.75, 3.05) is 26.2 Å². The molecule has 2 atom stereocenters. The molecule has 0 spiro atoms. The second-order valence-corrected chi connectivity index (χ2v) is 5.05. The number of amides is 2. The maximum Gasteiger partial charge on any atom is 0.323 e. The zero-order valence-electron chi connectivity index (χ0n) is 11.6. The fraction of sp³-hybridized carbons (Fsp3) is 0.833. The normalized spacial score (nSPS) is 23.5. The summed E-state index contributed by atoms with van der Waals surface area (Å²) < 4.78 is 5.46. The number of carboxylic acid groups (broad SMARTS) is 1. The molecule has 0 aromatic rings. The van der Waals surface area contributed by atoms with E-state index in [2.05, 4.69) is 0 Å². The molecule has 1 aliphatic heterocycles. The van der Waals surface area contributed by atoms with Gasteiger partial charge in [-0.05, 0) is 20.8 Å². The zero-order valence-corrected chi connectivity index (χ0v) is 11.6. The van der Waals surface area contributed by atoms with Gasteiger partial charge in [-0.15, -0.1) is 0 Å². The van der Waals surface area contributed by atoms with Gasteiger partial charge >= 0.3 is 12.0 Å². The summed E-state index contributed by atoms with van der Waals surface area (Å²) in [5.74, 6) is -1.04. The van der Waals surface area contributed by atoms with Crippen molar-refractivity contribution < 1.29 is 24.5 Å². The highest BCUT2D eigenvalue weighted by atomic mass is 16.5. The van der Waals surface area contributed by atoms with Gasteiger partial charge in [0.05, 0.1) is 25.4 Å². The van der Waals surface area contributed by atoms with Crippen LogP contribution >= 0.6 is 0 Å². The van der Waals surface area contributed by atoms with Crippen LogP contribution in [0.1, 0.15) is 20.8 Å². The molecule has 2 unspecified atom stereocenters. The van der Waals surface area contributed by atoms with Crippen molar-refractivity contribution >= 4 is 12.0 Å². The Labute approximate surface area is 112 Å². The molecule has 0 aromatic carbocycles. The Morgan fingerprint density at radius 2 is 2.05 bits per heavy atom. The van der Waals surface area contributed by atoms with Crippen LogP contribution in [0.2, 0.25) is 0 Å². The fourth-order valence-corrected chi connectivity index (χ4v) is 2.10. The van der Waals surface area contributed by atoms with Crippen molar-refractivity contribution in [3.05, 3.63) is 0 Å². The van der Waals surface area contributed by atoms with E-state index in [9.17, 15) is 9.59 Å². The van der Waals surface area contributed by atoms with Crippen LogP contribution in [0.15, 0.2) is 0 Å². The molecule has 1 aliphatic rings. The third kappa shape index (κ3) is 4.36. The summed E-state index contributed by atoms with van der Waals surface area (Å²) in [7, 11) is 0. The number of carbonyl (C=O) groups excluding carboxylic acids is 1. The number of nitrogens with zero attached hydrogens (tertiary/aromatic N) is 2. The highest BCUT2D eigenvalue weighted by Crippen LogP contribution is 2.14. The number of urea groups is 1. The first kappa shape index (κ1) is 15.7. The second-order valence-electron chi connectivity index (χ2n) is 5.05. The van der Waals surface area contributed by atoms with Gasteiger partial charge in [-0.1, -0.05) is 0 Å². The van der Waals surface area contributed by atoms with Crippen LogP contribution < -0.4 is 0 Å². The minimum absolute atomic E-state index is 0.158. The number of aliphatic hydroxyl groups is 1. The van der Waals surface area contributed by atoms with Crippen LogP contribution in [0.4, 0.5) is 4.79 Å². The van der Waals surface area contributed by atoms with E-state index >= 15 is 0 Å². The van der Waals surface area contributed by atoms with Crippen molar-refractivity contribution in [1.82, 2.24) is 9.80 Å². The van der Waals surface area contributed by atoms with Gasteiger partial charge < -0.3 is 24.7 Å². The van der Waals surface area contributed by atoms with Gasteiger partial charge in [-0.2, -0.15) is 0 Å². The van der Waals surface area contributed by atoms with E-state index in [-0.39, 0.29) is 37.9 Å². The Hall–Kier alpha value is -1.34. The molecule has 7 nitrogen and oxygen atoms in total. The fourth-order valence-electron chi connectivity index (χ4n) is 2.10. The first-order valence-corrected chi connectivity index (χ1v) is 6.38. The minimum atomic E-state index is -1.04. The maximum absolute atomic E-state index is 12.3. The van der Waals surface area contributed by atoms with Crippen LogP contribution in [0, 0.1) is 0 Å². The number of hydrogen-bond acceptors (Lipinski definition) is 4. The second kappa shape index (κ2) is 6.72. The van der Waals surface area contributed by atoms with Gasteiger partial charge in [0.1, 0.15) is 6.54 Å².